The molecule has 1 aliphatic heterocycles. The first-order chi connectivity index (χ1) is 9.40. The van der Waals surface area contributed by atoms with Crippen molar-refractivity contribution >= 4 is 11.7 Å². The van der Waals surface area contributed by atoms with Gasteiger partial charge in [0.1, 0.15) is 0 Å². The third-order valence-corrected chi connectivity index (χ3v) is 3.35. The summed E-state index contributed by atoms with van der Waals surface area (Å²) < 4.78 is 37.7. The molecule has 0 bridgehead atoms. The average molecular weight is 287 g/mol. The number of halogens is 3. The van der Waals surface area contributed by atoms with Gasteiger partial charge in [-0.2, -0.15) is 13.2 Å². The van der Waals surface area contributed by atoms with E-state index in [1.807, 2.05) is 0 Å². The van der Waals surface area contributed by atoms with Crippen molar-refractivity contribution in [3.05, 3.63) is 29.8 Å². The molecule has 1 atom stereocenters. The number of likely N-dealkylation sites (tertiary alicyclic amines) is 1. The van der Waals surface area contributed by atoms with Crippen molar-refractivity contribution in [2.75, 3.05) is 25.0 Å². The van der Waals surface area contributed by atoms with Crippen molar-refractivity contribution in [2.45, 2.75) is 12.6 Å². The predicted molar refractivity (Wildman–Crippen MR) is 69.2 cm³/mol. The molecule has 4 nitrogen and oxygen atoms in total. The van der Waals surface area contributed by atoms with Crippen molar-refractivity contribution in [1.29, 1.82) is 0 Å². The molecule has 1 aliphatic rings. The van der Waals surface area contributed by atoms with E-state index in [0.29, 0.717) is 19.6 Å². The topological polar surface area (TPSA) is 58.4 Å². The van der Waals surface area contributed by atoms with Crippen LogP contribution in [0.2, 0.25) is 0 Å². The maximum Gasteiger partial charge on any atom is 0.416 e. The van der Waals surface area contributed by atoms with Crippen molar-refractivity contribution in [3.63, 3.8) is 0 Å². The summed E-state index contributed by atoms with van der Waals surface area (Å²) in [6, 6.07) is 4.21. The van der Waals surface area contributed by atoms with Crippen LogP contribution in [0.25, 0.3) is 0 Å². The number of rotatable bonds is 2. The SMILES string of the molecule is NCC1CCN(C(=O)Nc2cccc(C(F)(F)F)c2)C1. The van der Waals surface area contributed by atoms with Gasteiger partial charge in [-0.25, -0.2) is 4.79 Å². The van der Waals surface area contributed by atoms with E-state index in [-0.39, 0.29) is 17.6 Å². The van der Waals surface area contributed by atoms with Crippen molar-refractivity contribution in [3.8, 4) is 0 Å². The highest BCUT2D eigenvalue weighted by Crippen LogP contribution is 2.30. The van der Waals surface area contributed by atoms with Crippen LogP contribution in [0.15, 0.2) is 24.3 Å². The average Bonchev–Trinajstić information content (AvgIpc) is 2.87. The fourth-order valence-electron chi connectivity index (χ4n) is 2.19. The first kappa shape index (κ1) is 14.6. The van der Waals surface area contributed by atoms with Crippen LogP contribution in [0, 0.1) is 5.92 Å². The van der Waals surface area contributed by atoms with Crippen LogP contribution in [0.4, 0.5) is 23.7 Å². The summed E-state index contributed by atoms with van der Waals surface area (Å²) >= 11 is 0. The Bertz CT molecular complexity index is 490. The van der Waals surface area contributed by atoms with E-state index in [1.54, 1.807) is 4.90 Å². The number of hydrogen-bond acceptors (Lipinski definition) is 2. The number of nitrogens with one attached hydrogen (secondary N) is 1. The van der Waals surface area contributed by atoms with Gasteiger partial charge in [0.05, 0.1) is 5.56 Å². The maximum absolute atomic E-state index is 12.6. The standard InChI is InChI=1S/C13H16F3N3O/c14-13(15,16)10-2-1-3-11(6-10)18-12(20)19-5-4-9(7-17)8-19/h1-3,6,9H,4-5,7-8,17H2,(H,18,20). The summed E-state index contributed by atoms with van der Waals surface area (Å²) in [4.78, 5) is 13.5. The highest BCUT2D eigenvalue weighted by molar-refractivity contribution is 5.89. The molecule has 1 aromatic carbocycles. The van der Waals surface area contributed by atoms with Crippen LogP contribution < -0.4 is 11.1 Å². The van der Waals surface area contributed by atoms with E-state index in [2.05, 4.69) is 5.32 Å². The Labute approximate surface area is 114 Å². The highest BCUT2D eigenvalue weighted by Gasteiger charge is 2.31. The minimum atomic E-state index is -4.42. The van der Waals surface area contributed by atoms with Gasteiger partial charge >= 0.3 is 12.2 Å². The Kier molecular flexibility index (Phi) is 4.17. The Hall–Kier alpha value is -1.76. The lowest BCUT2D eigenvalue weighted by atomic mass is 10.1. The third kappa shape index (κ3) is 3.41. The molecular formula is C13H16F3N3O. The molecule has 3 N–H and O–H groups in total. The van der Waals surface area contributed by atoms with Crippen LogP contribution >= 0.6 is 0 Å². The Morgan fingerprint density at radius 3 is 2.80 bits per heavy atom. The fraction of sp³-hybridized carbons (Fsp3) is 0.462. The van der Waals surface area contributed by atoms with E-state index in [0.717, 1.165) is 18.6 Å². The zero-order valence-electron chi connectivity index (χ0n) is 10.8. The summed E-state index contributed by atoms with van der Waals surface area (Å²) in [7, 11) is 0. The Morgan fingerprint density at radius 1 is 1.45 bits per heavy atom. The number of urea groups is 1. The van der Waals surface area contributed by atoms with E-state index >= 15 is 0 Å². The molecule has 0 saturated carbocycles. The number of carbonyl (C=O) groups is 1. The van der Waals surface area contributed by atoms with Gasteiger partial charge in [0, 0.05) is 18.8 Å². The maximum atomic E-state index is 12.6. The number of anilines is 1. The smallest absolute Gasteiger partial charge is 0.330 e. The molecule has 1 fully saturated rings. The minimum Gasteiger partial charge on any atom is -0.330 e. The largest absolute Gasteiger partial charge is 0.416 e. The van der Waals surface area contributed by atoms with E-state index in [9.17, 15) is 18.0 Å². The van der Waals surface area contributed by atoms with Crippen LogP contribution in [-0.4, -0.2) is 30.6 Å². The number of carbonyl (C=O) groups excluding carboxylic acids is 1. The minimum absolute atomic E-state index is 0.140. The Balaban J connectivity index is 2.02. The summed E-state index contributed by atoms with van der Waals surface area (Å²) in [6.45, 7) is 1.63. The van der Waals surface area contributed by atoms with Gasteiger partial charge in [-0.1, -0.05) is 6.07 Å². The molecule has 0 aliphatic carbocycles. The van der Waals surface area contributed by atoms with Crippen LogP contribution in [0.3, 0.4) is 0 Å². The van der Waals surface area contributed by atoms with Crippen LogP contribution in [-0.2, 0) is 6.18 Å². The zero-order valence-corrected chi connectivity index (χ0v) is 10.8. The van der Waals surface area contributed by atoms with Crippen molar-refractivity contribution < 1.29 is 18.0 Å². The Morgan fingerprint density at radius 2 is 2.20 bits per heavy atom. The molecule has 1 heterocycles. The highest BCUT2D eigenvalue weighted by atomic mass is 19.4. The molecule has 0 aromatic heterocycles. The van der Waals surface area contributed by atoms with Crippen molar-refractivity contribution in [2.24, 2.45) is 11.7 Å². The second-order valence-corrected chi connectivity index (χ2v) is 4.85. The first-order valence-electron chi connectivity index (χ1n) is 6.33. The first-order valence-corrected chi connectivity index (χ1v) is 6.33. The molecule has 0 spiro atoms. The molecule has 110 valence electrons. The third-order valence-electron chi connectivity index (χ3n) is 3.35. The molecule has 1 unspecified atom stereocenters. The van der Waals surface area contributed by atoms with E-state index in [4.69, 9.17) is 5.73 Å². The lowest BCUT2D eigenvalue weighted by Crippen LogP contribution is -2.33. The van der Waals surface area contributed by atoms with E-state index in [1.165, 1.54) is 12.1 Å². The van der Waals surface area contributed by atoms with Gasteiger partial charge in [0.15, 0.2) is 0 Å². The molecule has 7 heteroatoms. The number of benzene rings is 1. The van der Waals surface area contributed by atoms with Crippen LogP contribution in [0.5, 0.6) is 0 Å². The second kappa shape index (κ2) is 5.70. The quantitative estimate of drug-likeness (QED) is 0.878. The number of nitrogens with two attached hydrogens (primary N) is 1. The zero-order chi connectivity index (χ0) is 14.8. The van der Waals surface area contributed by atoms with E-state index < -0.39 is 11.7 Å². The normalized spacial score (nSPS) is 19.2. The number of alkyl halides is 3. The molecule has 0 radical (unpaired) electrons. The molecule has 20 heavy (non-hydrogen) atoms. The van der Waals surface area contributed by atoms with Gasteiger partial charge in [-0.15, -0.1) is 0 Å². The number of nitrogens with zero attached hydrogens (tertiary/aromatic N) is 1. The molecule has 2 amide bonds. The molecule has 1 aromatic rings. The lowest BCUT2D eigenvalue weighted by Gasteiger charge is -2.17. The predicted octanol–water partition coefficient (Wildman–Crippen LogP) is 2.52. The molecule has 1 saturated heterocycles. The van der Waals surface area contributed by atoms with Crippen molar-refractivity contribution in [1.82, 2.24) is 4.90 Å². The number of hydrogen-bond donors (Lipinski definition) is 2. The second-order valence-electron chi connectivity index (χ2n) is 4.85. The molecule has 2 rings (SSSR count). The van der Waals surface area contributed by atoms with Crippen LogP contribution in [0.1, 0.15) is 12.0 Å². The summed E-state index contributed by atoms with van der Waals surface area (Å²) in [6.07, 6.45) is -3.59. The number of amides is 2. The molecular weight excluding hydrogens is 271 g/mol. The van der Waals surface area contributed by atoms with Gasteiger partial charge in [0.25, 0.3) is 0 Å². The summed E-state index contributed by atoms with van der Waals surface area (Å²) in [5.41, 5.74) is 4.89. The van der Waals surface area contributed by atoms with Gasteiger partial charge < -0.3 is 16.0 Å². The monoisotopic (exact) mass is 287 g/mol. The van der Waals surface area contributed by atoms with Gasteiger partial charge in [-0.05, 0) is 37.1 Å². The summed E-state index contributed by atoms with van der Waals surface area (Å²) in [5.74, 6) is 0.266. The van der Waals surface area contributed by atoms with Gasteiger partial charge in [0.2, 0.25) is 0 Å². The fourth-order valence-corrected chi connectivity index (χ4v) is 2.19. The lowest BCUT2D eigenvalue weighted by molar-refractivity contribution is -0.137. The summed E-state index contributed by atoms with van der Waals surface area (Å²) in [5, 5.41) is 2.49. The van der Waals surface area contributed by atoms with Gasteiger partial charge in [-0.3, -0.25) is 0 Å².